The second-order valence-corrected chi connectivity index (χ2v) is 9.50. The van der Waals surface area contributed by atoms with Gasteiger partial charge >= 0.3 is 0 Å². The molecule has 152 valence electrons. The van der Waals surface area contributed by atoms with Crippen molar-refractivity contribution in [2.45, 2.75) is 51.1 Å². The Kier molecular flexibility index (Phi) is 5.23. The van der Waals surface area contributed by atoms with Crippen LogP contribution < -0.4 is 0 Å². The van der Waals surface area contributed by atoms with Crippen LogP contribution in [-0.4, -0.2) is 39.0 Å². The molecule has 1 atom stereocenters. The van der Waals surface area contributed by atoms with Crippen LogP contribution in [0.25, 0.3) is 0 Å². The van der Waals surface area contributed by atoms with E-state index >= 15 is 0 Å². The summed E-state index contributed by atoms with van der Waals surface area (Å²) in [5.74, 6) is 0.685. The zero-order valence-corrected chi connectivity index (χ0v) is 17.7. The van der Waals surface area contributed by atoms with Gasteiger partial charge in [-0.2, -0.15) is 4.31 Å². The molecular formula is C21H25N5O2S. The minimum Gasteiger partial charge on any atom is -0.312 e. The average molecular weight is 412 g/mol. The SMILES string of the molecule is Cc1cc(C)c(S(=O)(=O)N2CCCC2c2nncn2Cc2ccncc2)c(C)c1. The van der Waals surface area contributed by atoms with E-state index in [0.29, 0.717) is 23.8 Å². The highest BCUT2D eigenvalue weighted by atomic mass is 32.2. The van der Waals surface area contributed by atoms with Crippen LogP contribution >= 0.6 is 0 Å². The van der Waals surface area contributed by atoms with Gasteiger partial charge < -0.3 is 4.57 Å². The summed E-state index contributed by atoms with van der Waals surface area (Å²) in [6, 6.07) is 7.41. The number of benzene rings is 1. The molecule has 2 aromatic heterocycles. The van der Waals surface area contributed by atoms with E-state index in [9.17, 15) is 8.42 Å². The lowest BCUT2D eigenvalue weighted by Gasteiger charge is -2.25. The van der Waals surface area contributed by atoms with Crippen molar-refractivity contribution < 1.29 is 8.42 Å². The predicted octanol–water partition coefficient (Wildman–Crippen LogP) is 3.17. The molecule has 0 amide bonds. The fraction of sp³-hybridized carbons (Fsp3) is 0.381. The van der Waals surface area contributed by atoms with Gasteiger partial charge in [-0.1, -0.05) is 17.7 Å². The molecule has 0 aliphatic carbocycles. The van der Waals surface area contributed by atoms with Crippen molar-refractivity contribution in [3.63, 3.8) is 0 Å². The van der Waals surface area contributed by atoms with Crippen LogP contribution in [0.3, 0.4) is 0 Å². The van der Waals surface area contributed by atoms with Gasteiger partial charge in [-0.25, -0.2) is 8.42 Å². The third kappa shape index (κ3) is 3.70. The average Bonchev–Trinajstić information content (AvgIpc) is 3.30. The number of hydrogen-bond donors (Lipinski definition) is 0. The highest BCUT2D eigenvalue weighted by Gasteiger charge is 2.40. The molecule has 0 bridgehead atoms. The molecule has 4 rings (SSSR count). The van der Waals surface area contributed by atoms with Crippen LogP contribution in [0.5, 0.6) is 0 Å². The normalized spacial score (nSPS) is 17.7. The predicted molar refractivity (Wildman–Crippen MR) is 110 cm³/mol. The molecule has 1 saturated heterocycles. The van der Waals surface area contributed by atoms with Gasteiger partial charge in [0.1, 0.15) is 6.33 Å². The Morgan fingerprint density at radius 3 is 2.48 bits per heavy atom. The van der Waals surface area contributed by atoms with Crippen molar-refractivity contribution in [3.8, 4) is 0 Å². The van der Waals surface area contributed by atoms with Crippen LogP contribution in [-0.2, 0) is 16.6 Å². The molecule has 3 aromatic rings. The first-order chi connectivity index (χ1) is 13.9. The molecule has 1 aromatic carbocycles. The largest absolute Gasteiger partial charge is 0.312 e. The Bertz CT molecular complexity index is 1100. The zero-order chi connectivity index (χ0) is 20.6. The van der Waals surface area contributed by atoms with Crippen LogP contribution in [0.4, 0.5) is 0 Å². The molecule has 1 fully saturated rings. The summed E-state index contributed by atoms with van der Waals surface area (Å²) < 4.78 is 30.8. The third-order valence-corrected chi connectivity index (χ3v) is 7.64. The molecule has 3 heterocycles. The van der Waals surface area contributed by atoms with Gasteiger partial charge in [-0.05, 0) is 62.4 Å². The van der Waals surface area contributed by atoms with Crippen molar-refractivity contribution in [2.75, 3.05) is 6.54 Å². The third-order valence-electron chi connectivity index (χ3n) is 5.42. The van der Waals surface area contributed by atoms with Gasteiger partial charge in [0.25, 0.3) is 0 Å². The van der Waals surface area contributed by atoms with E-state index in [-0.39, 0.29) is 6.04 Å². The summed E-state index contributed by atoms with van der Waals surface area (Å²) in [5, 5.41) is 8.38. The molecule has 29 heavy (non-hydrogen) atoms. The number of aromatic nitrogens is 4. The van der Waals surface area contributed by atoms with E-state index in [0.717, 1.165) is 35.1 Å². The Labute approximate surface area is 171 Å². The summed E-state index contributed by atoms with van der Waals surface area (Å²) in [6.07, 6.45) is 6.69. The first-order valence-electron chi connectivity index (χ1n) is 9.74. The van der Waals surface area contributed by atoms with Gasteiger partial charge in [0.2, 0.25) is 10.0 Å². The van der Waals surface area contributed by atoms with E-state index in [4.69, 9.17) is 0 Å². The number of aryl methyl sites for hydroxylation is 3. The summed E-state index contributed by atoms with van der Waals surface area (Å²) in [6.45, 7) is 6.78. The molecular weight excluding hydrogens is 386 g/mol. The molecule has 1 unspecified atom stereocenters. The number of rotatable bonds is 5. The lowest BCUT2D eigenvalue weighted by molar-refractivity contribution is 0.374. The molecule has 8 heteroatoms. The maximum Gasteiger partial charge on any atom is 0.244 e. The fourth-order valence-electron chi connectivity index (χ4n) is 4.31. The quantitative estimate of drug-likeness (QED) is 0.644. The smallest absolute Gasteiger partial charge is 0.244 e. The summed E-state index contributed by atoms with van der Waals surface area (Å²) in [4.78, 5) is 4.46. The van der Waals surface area contributed by atoms with Gasteiger partial charge in [-0.3, -0.25) is 4.98 Å². The van der Waals surface area contributed by atoms with Crippen LogP contribution in [0.1, 0.15) is 47.0 Å². The van der Waals surface area contributed by atoms with Gasteiger partial charge in [0.15, 0.2) is 5.82 Å². The second-order valence-electron chi connectivity index (χ2n) is 7.67. The molecule has 0 radical (unpaired) electrons. The molecule has 0 N–H and O–H groups in total. The first kappa shape index (κ1) is 19.7. The topological polar surface area (TPSA) is 81.0 Å². The second kappa shape index (κ2) is 7.68. The zero-order valence-electron chi connectivity index (χ0n) is 16.9. The Morgan fingerprint density at radius 2 is 1.79 bits per heavy atom. The number of hydrogen-bond acceptors (Lipinski definition) is 5. The number of sulfonamides is 1. The van der Waals surface area contributed by atoms with Crippen LogP contribution in [0.15, 0.2) is 47.9 Å². The lowest BCUT2D eigenvalue weighted by Crippen LogP contribution is -2.33. The lowest BCUT2D eigenvalue weighted by atomic mass is 10.1. The summed E-state index contributed by atoms with van der Waals surface area (Å²) in [5.41, 5.74) is 3.70. The highest BCUT2D eigenvalue weighted by molar-refractivity contribution is 7.89. The van der Waals surface area contributed by atoms with Crippen LogP contribution in [0, 0.1) is 20.8 Å². The molecule has 0 spiro atoms. The monoisotopic (exact) mass is 411 g/mol. The summed E-state index contributed by atoms with van der Waals surface area (Å²) in [7, 11) is -3.64. The maximum absolute atomic E-state index is 13.6. The van der Waals surface area contributed by atoms with Crippen molar-refractivity contribution >= 4 is 10.0 Å². The number of pyridine rings is 1. The maximum atomic E-state index is 13.6. The van der Waals surface area contributed by atoms with E-state index in [2.05, 4.69) is 15.2 Å². The minimum absolute atomic E-state index is 0.315. The molecule has 1 aliphatic rings. The summed E-state index contributed by atoms with van der Waals surface area (Å²) >= 11 is 0. The van der Waals surface area contributed by atoms with Gasteiger partial charge in [0, 0.05) is 18.9 Å². The van der Waals surface area contributed by atoms with E-state index < -0.39 is 10.0 Å². The minimum atomic E-state index is -3.64. The standard InChI is InChI=1S/C21H25N5O2S/c1-15-11-16(2)20(17(3)12-15)29(27,28)26-10-4-5-19(26)21-24-23-14-25(21)13-18-6-8-22-9-7-18/h6-9,11-12,14,19H,4-5,10,13H2,1-3H3. The van der Waals surface area contributed by atoms with Crippen molar-refractivity contribution in [2.24, 2.45) is 0 Å². The van der Waals surface area contributed by atoms with Crippen molar-refractivity contribution in [3.05, 3.63) is 71.1 Å². The van der Waals surface area contributed by atoms with Crippen molar-refractivity contribution in [1.82, 2.24) is 24.1 Å². The molecule has 1 aliphatic heterocycles. The van der Waals surface area contributed by atoms with Crippen LogP contribution in [0.2, 0.25) is 0 Å². The highest BCUT2D eigenvalue weighted by Crippen LogP contribution is 2.37. The molecule has 0 saturated carbocycles. The Morgan fingerprint density at radius 1 is 1.10 bits per heavy atom. The van der Waals surface area contributed by atoms with E-state index in [1.165, 1.54) is 0 Å². The molecule has 7 nitrogen and oxygen atoms in total. The Balaban J connectivity index is 1.70. The van der Waals surface area contributed by atoms with Crippen molar-refractivity contribution in [1.29, 1.82) is 0 Å². The van der Waals surface area contributed by atoms with E-state index in [1.54, 1.807) is 23.0 Å². The Hall–Kier alpha value is -2.58. The first-order valence-corrected chi connectivity index (χ1v) is 11.2. The number of nitrogens with zero attached hydrogens (tertiary/aromatic N) is 5. The fourth-order valence-corrected chi connectivity index (χ4v) is 6.38. The van der Waals surface area contributed by atoms with E-state index in [1.807, 2.05) is 49.6 Å². The van der Waals surface area contributed by atoms with Gasteiger partial charge in [0.05, 0.1) is 17.5 Å². The van der Waals surface area contributed by atoms with Gasteiger partial charge in [-0.15, -0.1) is 10.2 Å².